The zero-order valence-corrected chi connectivity index (χ0v) is 9.26. The largest absolute Gasteiger partial charge is 0.488 e. The van der Waals surface area contributed by atoms with E-state index >= 15 is 0 Å². The second-order valence-electron chi connectivity index (χ2n) is 4.06. The third-order valence-electron chi connectivity index (χ3n) is 2.86. The van der Waals surface area contributed by atoms with Gasteiger partial charge in [0, 0.05) is 6.61 Å². The van der Waals surface area contributed by atoms with Gasteiger partial charge in [-0.1, -0.05) is 0 Å². The molecule has 2 heterocycles. The van der Waals surface area contributed by atoms with Gasteiger partial charge in [0.2, 0.25) is 0 Å². The van der Waals surface area contributed by atoms with Gasteiger partial charge in [0.25, 0.3) is 0 Å². The molecule has 3 rings (SSSR count). The second-order valence-corrected chi connectivity index (χ2v) is 4.06. The quantitative estimate of drug-likeness (QED) is 0.809. The highest BCUT2D eigenvalue weighted by molar-refractivity contribution is 5.90. The second kappa shape index (κ2) is 4.21. The zero-order valence-electron chi connectivity index (χ0n) is 9.26. The van der Waals surface area contributed by atoms with Crippen LogP contribution >= 0.6 is 0 Å². The summed E-state index contributed by atoms with van der Waals surface area (Å²) in [6, 6.07) is 3.51. The van der Waals surface area contributed by atoms with E-state index in [0.29, 0.717) is 29.1 Å². The van der Waals surface area contributed by atoms with Crippen molar-refractivity contribution in [3.63, 3.8) is 0 Å². The van der Waals surface area contributed by atoms with Gasteiger partial charge in [-0.15, -0.1) is 0 Å². The summed E-state index contributed by atoms with van der Waals surface area (Å²) in [4.78, 5) is 0. The van der Waals surface area contributed by atoms with Gasteiger partial charge in [-0.3, -0.25) is 0 Å². The fraction of sp³-hybridized carbons (Fsp3) is 0.455. The summed E-state index contributed by atoms with van der Waals surface area (Å²) in [5.41, 5.74) is 7.37. The number of benzene rings is 1. The SMILES string of the molecule is Nc1ccc(OCC2CCCO2)c2nonc12. The maximum atomic E-state index is 5.75. The molecule has 0 spiro atoms. The fourth-order valence-electron chi connectivity index (χ4n) is 1.94. The molecular weight excluding hydrogens is 222 g/mol. The number of rotatable bonds is 3. The number of aromatic nitrogens is 2. The predicted octanol–water partition coefficient (Wildman–Crippen LogP) is 1.36. The summed E-state index contributed by atoms with van der Waals surface area (Å²) in [5.74, 6) is 0.631. The molecule has 1 aromatic carbocycles. The summed E-state index contributed by atoms with van der Waals surface area (Å²) in [5, 5.41) is 7.53. The first-order valence-corrected chi connectivity index (χ1v) is 5.60. The van der Waals surface area contributed by atoms with Gasteiger partial charge in [-0.2, -0.15) is 0 Å². The Bertz CT molecular complexity index is 520. The van der Waals surface area contributed by atoms with Crippen molar-refractivity contribution >= 4 is 16.7 Å². The van der Waals surface area contributed by atoms with E-state index in [2.05, 4.69) is 14.9 Å². The number of hydrogen-bond acceptors (Lipinski definition) is 6. The van der Waals surface area contributed by atoms with E-state index < -0.39 is 0 Å². The lowest BCUT2D eigenvalue weighted by Gasteiger charge is -2.11. The Kier molecular flexibility index (Phi) is 2.56. The van der Waals surface area contributed by atoms with Gasteiger partial charge >= 0.3 is 0 Å². The van der Waals surface area contributed by atoms with E-state index in [-0.39, 0.29) is 6.10 Å². The van der Waals surface area contributed by atoms with Crippen LogP contribution in [0.25, 0.3) is 11.0 Å². The normalized spacial score (nSPS) is 19.9. The number of hydrogen-bond donors (Lipinski definition) is 1. The smallest absolute Gasteiger partial charge is 0.179 e. The topological polar surface area (TPSA) is 83.4 Å². The average Bonchev–Trinajstić information content (AvgIpc) is 2.99. The number of nitrogens with two attached hydrogens (primary N) is 1. The molecule has 1 fully saturated rings. The molecule has 0 radical (unpaired) electrons. The molecule has 0 aliphatic carbocycles. The molecule has 1 unspecified atom stereocenters. The van der Waals surface area contributed by atoms with Crippen molar-refractivity contribution in [1.82, 2.24) is 10.3 Å². The summed E-state index contributed by atoms with van der Waals surface area (Å²) in [7, 11) is 0. The van der Waals surface area contributed by atoms with E-state index in [9.17, 15) is 0 Å². The third kappa shape index (κ3) is 1.91. The monoisotopic (exact) mass is 235 g/mol. The van der Waals surface area contributed by atoms with Crippen molar-refractivity contribution in [2.45, 2.75) is 18.9 Å². The van der Waals surface area contributed by atoms with Crippen molar-refractivity contribution in [1.29, 1.82) is 0 Å². The minimum Gasteiger partial charge on any atom is -0.488 e. The van der Waals surface area contributed by atoms with Crippen LogP contribution in [0.3, 0.4) is 0 Å². The van der Waals surface area contributed by atoms with E-state index in [4.69, 9.17) is 15.2 Å². The van der Waals surface area contributed by atoms with Crippen molar-refractivity contribution in [3.8, 4) is 5.75 Å². The number of nitrogens with zero attached hydrogens (tertiary/aromatic N) is 2. The molecule has 6 nitrogen and oxygen atoms in total. The maximum absolute atomic E-state index is 5.75. The Morgan fingerprint density at radius 2 is 2.24 bits per heavy atom. The Morgan fingerprint density at radius 1 is 1.35 bits per heavy atom. The predicted molar refractivity (Wildman–Crippen MR) is 60.7 cm³/mol. The van der Waals surface area contributed by atoms with Crippen molar-refractivity contribution in [2.24, 2.45) is 0 Å². The van der Waals surface area contributed by atoms with Crippen LogP contribution in [0.2, 0.25) is 0 Å². The average molecular weight is 235 g/mol. The highest BCUT2D eigenvalue weighted by atomic mass is 16.6. The maximum Gasteiger partial charge on any atom is 0.179 e. The molecule has 1 aliphatic rings. The lowest BCUT2D eigenvalue weighted by atomic mass is 10.2. The standard InChI is InChI=1S/C11H13N3O3/c12-8-3-4-9(11-10(8)13-17-14-11)16-6-7-2-1-5-15-7/h3-4,7H,1-2,5-6,12H2. The Balaban J connectivity index is 1.80. The minimum atomic E-state index is 0.169. The number of nitrogen functional groups attached to an aromatic ring is 1. The first kappa shape index (κ1) is 10.3. The minimum absolute atomic E-state index is 0.169. The summed E-state index contributed by atoms with van der Waals surface area (Å²) < 4.78 is 15.8. The van der Waals surface area contributed by atoms with Gasteiger partial charge in [0.1, 0.15) is 6.61 Å². The van der Waals surface area contributed by atoms with E-state index in [1.54, 1.807) is 12.1 Å². The molecule has 1 atom stereocenters. The van der Waals surface area contributed by atoms with Gasteiger partial charge in [0.05, 0.1) is 11.8 Å². The van der Waals surface area contributed by atoms with Crippen LogP contribution in [0.4, 0.5) is 5.69 Å². The molecule has 1 saturated heterocycles. The highest BCUT2D eigenvalue weighted by Gasteiger charge is 2.18. The molecular formula is C11H13N3O3. The fourth-order valence-corrected chi connectivity index (χ4v) is 1.94. The highest BCUT2D eigenvalue weighted by Crippen LogP contribution is 2.27. The molecule has 1 aliphatic heterocycles. The molecule has 90 valence electrons. The lowest BCUT2D eigenvalue weighted by molar-refractivity contribution is 0.0683. The molecule has 1 aromatic heterocycles. The van der Waals surface area contributed by atoms with Crippen molar-refractivity contribution in [2.75, 3.05) is 18.9 Å². The van der Waals surface area contributed by atoms with E-state index in [1.807, 2.05) is 0 Å². The van der Waals surface area contributed by atoms with Crippen LogP contribution in [0.15, 0.2) is 16.8 Å². The van der Waals surface area contributed by atoms with Crippen LogP contribution in [0.5, 0.6) is 5.75 Å². The Morgan fingerprint density at radius 3 is 3.06 bits per heavy atom. The van der Waals surface area contributed by atoms with Crippen LogP contribution in [0, 0.1) is 0 Å². The Labute approximate surface area is 97.6 Å². The van der Waals surface area contributed by atoms with Crippen LogP contribution in [-0.4, -0.2) is 29.6 Å². The van der Waals surface area contributed by atoms with E-state index in [1.165, 1.54) is 0 Å². The lowest BCUT2D eigenvalue weighted by Crippen LogP contribution is -2.16. The number of anilines is 1. The van der Waals surface area contributed by atoms with E-state index in [0.717, 1.165) is 19.4 Å². The molecule has 0 amide bonds. The van der Waals surface area contributed by atoms with Crippen molar-refractivity contribution in [3.05, 3.63) is 12.1 Å². The van der Waals surface area contributed by atoms with Crippen LogP contribution in [0.1, 0.15) is 12.8 Å². The van der Waals surface area contributed by atoms with Crippen molar-refractivity contribution < 1.29 is 14.1 Å². The molecule has 2 N–H and O–H groups in total. The van der Waals surface area contributed by atoms with Gasteiger partial charge in [0.15, 0.2) is 16.8 Å². The van der Waals surface area contributed by atoms with Crippen LogP contribution in [-0.2, 0) is 4.74 Å². The molecule has 0 bridgehead atoms. The molecule has 0 saturated carbocycles. The van der Waals surface area contributed by atoms with Gasteiger partial charge in [-0.25, -0.2) is 4.63 Å². The first-order valence-electron chi connectivity index (χ1n) is 5.60. The zero-order chi connectivity index (χ0) is 11.7. The third-order valence-corrected chi connectivity index (χ3v) is 2.86. The molecule has 6 heteroatoms. The van der Waals surface area contributed by atoms with Gasteiger partial charge < -0.3 is 15.2 Å². The first-order chi connectivity index (χ1) is 8.34. The molecule has 17 heavy (non-hydrogen) atoms. The van der Waals surface area contributed by atoms with Gasteiger partial charge in [-0.05, 0) is 35.3 Å². The summed E-state index contributed by atoms with van der Waals surface area (Å²) >= 11 is 0. The summed E-state index contributed by atoms with van der Waals surface area (Å²) in [6.45, 7) is 1.34. The van der Waals surface area contributed by atoms with Crippen LogP contribution < -0.4 is 10.5 Å². The number of ether oxygens (including phenoxy) is 2. The molecule has 2 aromatic rings. The summed E-state index contributed by atoms with van der Waals surface area (Å²) in [6.07, 6.45) is 2.30. The number of fused-ring (bicyclic) bond motifs is 1. The Hall–Kier alpha value is -1.82.